The molecule has 11 heteroatoms. The van der Waals surface area contributed by atoms with E-state index in [1.54, 1.807) is 32.5 Å². The van der Waals surface area contributed by atoms with Crippen molar-refractivity contribution in [3.8, 4) is 0 Å². The van der Waals surface area contributed by atoms with Crippen LogP contribution >= 0.6 is 35.1 Å². The van der Waals surface area contributed by atoms with Gasteiger partial charge in [0.25, 0.3) is 0 Å². The Morgan fingerprint density at radius 1 is 0.711 bits per heavy atom. The van der Waals surface area contributed by atoms with Crippen LogP contribution in [-0.2, 0) is 31.9 Å². The number of nitrogens with zero attached hydrogens (tertiary/aromatic N) is 2. The predicted octanol–water partition coefficient (Wildman–Crippen LogP) is 5.31. The van der Waals surface area contributed by atoms with Gasteiger partial charge in [-0.2, -0.15) is 0 Å². The average molecular weight is 675 g/mol. The van der Waals surface area contributed by atoms with Crippen molar-refractivity contribution in [2.75, 3.05) is 52.6 Å². The molecule has 0 spiro atoms. The highest BCUT2D eigenvalue weighted by Crippen LogP contribution is 2.23. The van der Waals surface area contributed by atoms with Gasteiger partial charge in [0.05, 0.1) is 25.4 Å². The Morgan fingerprint density at radius 2 is 1.16 bits per heavy atom. The van der Waals surface area contributed by atoms with Gasteiger partial charge in [-0.1, -0.05) is 24.3 Å². The normalized spacial score (nSPS) is 18.4. The van der Waals surface area contributed by atoms with Gasteiger partial charge in [0.2, 0.25) is 11.8 Å². The van der Waals surface area contributed by atoms with E-state index in [1.807, 2.05) is 0 Å². The van der Waals surface area contributed by atoms with E-state index < -0.39 is 0 Å². The van der Waals surface area contributed by atoms with Crippen molar-refractivity contribution >= 4 is 67.1 Å². The maximum atomic E-state index is 12.0. The molecular formula is C34H43ClN2O6S2. The standard InChI is InChI=1S/2C17H21NO3S.ClH/c2*19-15-2-1-7-18(11-15)17(20)12-21-8-5-13-3-4-16-14(10-13)6-9-22-16;/h2*3-4,6,9-10,15,19H,1-2,5,7-8,11-12H2;1H. The van der Waals surface area contributed by atoms with Crippen LogP contribution in [0.4, 0.5) is 0 Å². The van der Waals surface area contributed by atoms with Crippen LogP contribution in [0.15, 0.2) is 59.3 Å². The number of hydrogen-bond donors (Lipinski definition) is 2. The molecule has 0 saturated carbocycles. The van der Waals surface area contributed by atoms with Gasteiger partial charge < -0.3 is 29.5 Å². The molecular weight excluding hydrogens is 632 g/mol. The molecule has 0 radical (unpaired) electrons. The number of carbonyl (C=O) groups excluding carboxylic acids is 2. The maximum Gasteiger partial charge on any atom is 0.248 e. The van der Waals surface area contributed by atoms with Gasteiger partial charge in [0.15, 0.2) is 0 Å². The Hall–Kier alpha value is -2.57. The number of aliphatic hydroxyl groups excluding tert-OH is 2. The first-order chi connectivity index (χ1) is 21.4. The fourth-order valence-electron chi connectivity index (χ4n) is 5.59. The lowest BCUT2D eigenvalue weighted by Crippen LogP contribution is -2.43. The average Bonchev–Trinajstić information content (AvgIpc) is 3.70. The molecule has 2 amide bonds. The third-order valence-corrected chi connectivity index (χ3v) is 9.85. The van der Waals surface area contributed by atoms with Crippen molar-refractivity contribution in [3.05, 3.63) is 70.4 Å². The highest BCUT2D eigenvalue weighted by molar-refractivity contribution is 7.17. The highest BCUT2D eigenvalue weighted by Gasteiger charge is 2.22. The zero-order chi connectivity index (χ0) is 30.7. The van der Waals surface area contributed by atoms with Crippen molar-refractivity contribution in [2.45, 2.75) is 50.7 Å². The molecule has 2 aliphatic heterocycles. The van der Waals surface area contributed by atoms with E-state index in [0.29, 0.717) is 26.3 Å². The Morgan fingerprint density at radius 3 is 1.58 bits per heavy atom. The van der Waals surface area contributed by atoms with Crippen molar-refractivity contribution < 1.29 is 29.3 Å². The summed E-state index contributed by atoms with van der Waals surface area (Å²) in [5, 5.41) is 25.9. The first-order valence-electron chi connectivity index (χ1n) is 15.4. The summed E-state index contributed by atoms with van der Waals surface area (Å²) in [4.78, 5) is 27.4. The fourth-order valence-corrected chi connectivity index (χ4v) is 7.13. The Bertz CT molecular complexity index is 1400. The number of rotatable bonds is 10. The van der Waals surface area contributed by atoms with Crippen molar-refractivity contribution in [1.29, 1.82) is 0 Å². The number of hydrogen-bond acceptors (Lipinski definition) is 8. The molecule has 2 saturated heterocycles. The molecule has 2 aliphatic rings. The Labute approximate surface area is 279 Å². The van der Waals surface area contributed by atoms with Gasteiger partial charge in [0.1, 0.15) is 13.2 Å². The lowest BCUT2D eigenvalue weighted by molar-refractivity contribution is -0.139. The Balaban J connectivity index is 0.000000200. The molecule has 2 N–H and O–H groups in total. The minimum absolute atomic E-state index is 0. The maximum absolute atomic E-state index is 12.0. The SMILES string of the molecule is Cl.O=C(COCCc1ccc2sccc2c1)N1CCCC(O)C1.O=C(COCCc1ccc2sccc2c1)N1CCCC(O)C1. The molecule has 2 fully saturated rings. The van der Waals surface area contributed by atoms with E-state index in [9.17, 15) is 19.8 Å². The van der Waals surface area contributed by atoms with Crippen LogP contribution in [0.5, 0.6) is 0 Å². The number of carbonyl (C=O) groups is 2. The minimum atomic E-state index is -0.380. The lowest BCUT2D eigenvalue weighted by atomic mass is 10.1. The van der Waals surface area contributed by atoms with E-state index in [-0.39, 0.29) is 49.6 Å². The number of ether oxygens (including phenoxy) is 2. The molecule has 8 nitrogen and oxygen atoms in total. The number of aliphatic hydroxyl groups is 2. The molecule has 4 heterocycles. The number of amides is 2. The van der Waals surface area contributed by atoms with Crippen LogP contribution < -0.4 is 0 Å². The number of likely N-dealkylation sites (tertiary alicyclic amines) is 2. The summed E-state index contributed by atoms with van der Waals surface area (Å²) in [6, 6.07) is 17.1. The smallest absolute Gasteiger partial charge is 0.248 e. The molecule has 0 aliphatic carbocycles. The molecule has 244 valence electrons. The summed E-state index contributed by atoms with van der Waals surface area (Å²) in [7, 11) is 0. The van der Waals surface area contributed by atoms with E-state index in [4.69, 9.17) is 9.47 Å². The molecule has 2 unspecified atom stereocenters. The third kappa shape index (κ3) is 10.7. The molecule has 0 bridgehead atoms. The van der Waals surface area contributed by atoms with Crippen LogP contribution in [-0.4, -0.2) is 96.6 Å². The first-order valence-corrected chi connectivity index (χ1v) is 17.2. The summed E-state index contributed by atoms with van der Waals surface area (Å²) >= 11 is 3.48. The summed E-state index contributed by atoms with van der Waals surface area (Å²) in [6.45, 7) is 3.63. The molecule has 2 aromatic heterocycles. The summed E-state index contributed by atoms with van der Waals surface area (Å²) in [5.41, 5.74) is 2.46. The second-order valence-corrected chi connectivity index (χ2v) is 13.4. The van der Waals surface area contributed by atoms with E-state index >= 15 is 0 Å². The van der Waals surface area contributed by atoms with Crippen LogP contribution in [0.25, 0.3) is 20.2 Å². The predicted molar refractivity (Wildman–Crippen MR) is 184 cm³/mol. The molecule has 2 aromatic carbocycles. The summed E-state index contributed by atoms with van der Waals surface area (Å²) in [6.07, 6.45) is 4.17. The van der Waals surface area contributed by atoms with Crippen molar-refractivity contribution in [3.63, 3.8) is 0 Å². The quantitative estimate of drug-likeness (QED) is 0.221. The van der Waals surface area contributed by atoms with Crippen LogP contribution in [0.3, 0.4) is 0 Å². The first kappa shape index (κ1) is 35.3. The van der Waals surface area contributed by atoms with Crippen molar-refractivity contribution in [1.82, 2.24) is 9.80 Å². The minimum Gasteiger partial charge on any atom is -0.391 e. The fraction of sp³-hybridized carbons (Fsp3) is 0.471. The van der Waals surface area contributed by atoms with Gasteiger partial charge in [-0.3, -0.25) is 9.59 Å². The topological polar surface area (TPSA) is 99.5 Å². The van der Waals surface area contributed by atoms with Crippen molar-refractivity contribution in [2.24, 2.45) is 0 Å². The van der Waals surface area contributed by atoms with Gasteiger partial charge >= 0.3 is 0 Å². The number of β-amino-alcohol motifs (C(OH)–C–C–N with tert-alkyl or cyclic N) is 2. The van der Waals surface area contributed by atoms with Gasteiger partial charge in [-0.05, 0) is 95.4 Å². The number of benzene rings is 2. The molecule has 6 rings (SSSR count). The van der Waals surface area contributed by atoms with Crippen LogP contribution in [0.2, 0.25) is 0 Å². The lowest BCUT2D eigenvalue weighted by Gasteiger charge is -2.30. The van der Waals surface area contributed by atoms with Crippen LogP contribution in [0, 0.1) is 0 Å². The summed E-state index contributed by atoms with van der Waals surface area (Å²) < 4.78 is 13.6. The second kappa shape index (κ2) is 17.9. The highest BCUT2D eigenvalue weighted by atomic mass is 35.5. The van der Waals surface area contributed by atoms with E-state index in [0.717, 1.165) is 51.6 Å². The molecule has 45 heavy (non-hydrogen) atoms. The Kier molecular flexibility index (Phi) is 14.1. The number of halogens is 1. The zero-order valence-electron chi connectivity index (χ0n) is 25.5. The zero-order valence-corrected chi connectivity index (χ0v) is 27.9. The second-order valence-electron chi connectivity index (χ2n) is 11.5. The van der Waals surface area contributed by atoms with Gasteiger partial charge in [-0.15, -0.1) is 35.1 Å². The van der Waals surface area contributed by atoms with Gasteiger partial charge in [0, 0.05) is 35.6 Å². The number of fused-ring (bicyclic) bond motifs is 2. The molecule has 2 atom stereocenters. The summed E-state index contributed by atoms with van der Waals surface area (Å²) in [5.74, 6) is -0.0425. The van der Waals surface area contributed by atoms with E-state index in [2.05, 4.69) is 59.3 Å². The van der Waals surface area contributed by atoms with E-state index in [1.165, 1.54) is 31.3 Å². The third-order valence-electron chi connectivity index (χ3n) is 8.05. The van der Waals surface area contributed by atoms with Gasteiger partial charge in [-0.25, -0.2) is 0 Å². The van der Waals surface area contributed by atoms with Crippen LogP contribution in [0.1, 0.15) is 36.8 Å². The largest absolute Gasteiger partial charge is 0.391 e. The molecule has 4 aromatic rings. The monoisotopic (exact) mass is 674 g/mol. The number of thiophene rings is 2. The number of piperidine rings is 2.